The van der Waals surface area contributed by atoms with Crippen molar-refractivity contribution in [1.29, 1.82) is 0 Å². The van der Waals surface area contributed by atoms with Crippen LogP contribution in [0.3, 0.4) is 0 Å². The smallest absolute Gasteiger partial charge is 0.246 e. The van der Waals surface area contributed by atoms with E-state index in [0.29, 0.717) is 12.5 Å². The third-order valence-electron chi connectivity index (χ3n) is 2.32. The van der Waals surface area contributed by atoms with E-state index >= 15 is 0 Å². The number of thiocarbonyl (C=S) groups is 1. The molecule has 0 heterocycles. The van der Waals surface area contributed by atoms with Crippen LogP contribution >= 0.6 is 12.2 Å². The van der Waals surface area contributed by atoms with E-state index < -0.39 is 26.6 Å². The Morgan fingerprint density at radius 1 is 1.42 bits per heavy atom. The summed E-state index contributed by atoms with van der Waals surface area (Å²) in [5.41, 5.74) is 5.32. The van der Waals surface area contributed by atoms with Crippen LogP contribution in [0.2, 0.25) is 0 Å². The average Bonchev–Trinajstić information content (AvgIpc) is 2.31. The van der Waals surface area contributed by atoms with Gasteiger partial charge in [0, 0.05) is 6.54 Å². The van der Waals surface area contributed by atoms with Crippen LogP contribution in [0.4, 0.5) is 8.78 Å². The Morgan fingerprint density at radius 2 is 2.05 bits per heavy atom. The van der Waals surface area contributed by atoms with Crippen LogP contribution in [-0.2, 0) is 10.0 Å². The van der Waals surface area contributed by atoms with Crippen LogP contribution < -0.4 is 5.73 Å². The van der Waals surface area contributed by atoms with Gasteiger partial charge >= 0.3 is 0 Å². The Kier molecular flexibility index (Phi) is 5.33. The molecule has 1 aromatic rings. The van der Waals surface area contributed by atoms with Crippen LogP contribution in [0, 0.1) is 11.6 Å². The van der Waals surface area contributed by atoms with Gasteiger partial charge in [-0.15, -0.1) is 0 Å². The van der Waals surface area contributed by atoms with Crippen LogP contribution in [0.25, 0.3) is 0 Å². The summed E-state index contributed by atoms with van der Waals surface area (Å²) in [6.07, 6.45) is 0.499. The first kappa shape index (κ1) is 15.9. The van der Waals surface area contributed by atoms with Gasteiger partial charge in [-0.1, -0.05) is 19.1 Å². The van der Waals surface area contributed by atoms with Crippen molar-refractivity contribution < 1.29 is 17.2 Å². The summed E-state index contributed by atoms with van der Waals surface area (Å²) in [5, 5.41) is 0. The molecule has 0 aliphatic rings. The molecule has 0 amide bonds. The maximum atomic E-state index is 13.6. The van der Waals surface area contributed by atoms with Gasteiger partial charge in [-0.2, -0.15) is 4.31 Å². The van der Waals surface area contributed by atoms with Gasteiger partial charge in [-0.3, -0.25) is 0 Å². The number of rotatable bonds is 6. The summed E-state index contributed by atoms with van der Waals surface area (Å²) in [6.45, 7) is 1.67. The first-order valence-corrected chi connectivity index (χ1v) is 7.37. The molecule has 0 fully saturated rings. The minimum atomic E-state index is -4.16. The van der Waals surface area contributed by atoms with Crippen LogP contribution in [0.15, 0.2) is 23.1 Å². The molecule has 19 heavy (non-hydrogen) atoms. The van der Waals surface area contributed by atoms with Gasteiger partial charge in [0.15, 0.2) is 0 Å². The number of nitrogens with two attached hydrogens (primary N) is 1. The number of nitrogens with zero attached hydrogens (tertiary/aromatic N) is 1. The van der Waals surface area contributed by atoms with Crippen molar-refractivity contribution in [2.24, 2.45) is 5.73 Å². The fraction of sp³-hybridized carbons (Fsp3) is 0.364. The second-order valence-electron chi connectivity index (χ2n) is 3.88. The molecule has 0 saturated heterocycles. The van der Waals surface area contributed by atoms with Crippen molar-refractivity contribution in [3.05, 3.63) is 29.8 Å². The fourth-order valence-corrected chi connectivity index (χ4v) is 3.35. The molecule has 0 spiro atoms. The van der Waals surface area contributed by atoms with Crippen molar-refractivity contribution in [3.63, 3.8) is 0 Å². The summed E-state index contributed by atoms with van der Waals surface area (Å²) in [4.78, 5) is -0.744. The lowest BCUT2D eigenvalue weighted by Gasteiger charge is -2.21. The number of hydrogen-bond donors (Lipinski definition) is 1. The van der Waals surface area contributed by atoms with E-state index in [9.17, 15) is 17.2 Å². The molecule has 1 aromatic carbocycles. The second-order valence-corrected chi connectivity index (χ2v) is 6.31. The lowest BCUT2D eigenvalue weighted by Crippen LogP contribution is -2.38. The molecular weight excluding hydrogens is 294 g/mol. The van der Waals surface area contributed by atoms with Gasteiger partial charge in [-0.25, -0.2) is 17.2 Å². The summed E-state index contributed by atoms with van der Waals surface area (Å²) >= 11 is 4.67. The quantitative estimate of drug-likeness (QED) is 0.812. The molecule has 0 aromatic heterocycles. The summed E-state index contributed by atoms with van der Waals surface area (Å²) in [7, 11) is -4.16. The van der Waals surface area contributed by atoms with E-state index in [1.165, 1.54) is 0 Å². The predicted molar refractivity (Wildman–Crippen MR) is 72.2 cm³/mol. The molecule has 0 aliphatic carbocycles. The van der Waals surface area contributed by atoms with Gasteiger partial charge in [-0.05, 0) is 24.6 Å². The van der Waals surface area contributed by atoms with E-state index in [1.807, 2.05) is 0 Å². The zero-order valence-corrected chi connectivity index (χ0v) is 11.9. The van der Waals surface area contributed by atoms with E-state index in [-0.39, 0.29) is 18.1 Å². The minimum absolute atomic E-state index is 0.0335. The lowest BCUT2D eigenvalue weighted by molar-refractivity contribution is 0.443. The summed E-state index contributed by atoms with van der Waals surface area (Å²) < 4.78 is 52.1. The third-order valence-corrected chi connectivity index (χ3v) is 4.31. The Balaban J connectivity index is 3.25. The van der Waals surface area contributed by atoms with Crippen molar-refractivity contribution in [2.45, 2.75) is 18.2 Å². The summed E-state index contributed by atoms with van der Waals surface area (Å²) in [5.74, 6) is -1.84. The maximum Gasteiger partial charge on any atom is 0.246 e. The standard InChI is InChI=1S/C11H14F2N2O2S2/c1-2-5-15(7-11(14)18)19(16,17)10-6-8(12)3-4-9(10)13/h3-4,6H,2,5,7H2,1H3,(H2,14,18). The number of halogens is 2. The highest BCUT2D eigenvalue weighted by atomic mass is 32.2. The van der Waals surface area contributed by atoms with Crippen molar-refractivity contribution in [2.75, 3.05) is 13.1 Å². The number of sulfonamides is 1. The Hall–Kier alpha value is -1.12. The Labute approximate surface area is 116 Å². The fourth-order valence-electron chi connectivity index (χ4n) is 1.52. The van der Waals surface area contributed by atoms with Crippen LogP contribution in [0.5, 0.6) is 0 Å². The van der Waals surface area contributed by atoms with E-state index in [4.69, 9.17) is 5.73 Å². The molecule has 8 heteroatoms. The first-order valence-electron chi connectivity index (χ1n) is 5.52. The molecule has 1 rings (SSSR count). The van der Waals surface area contributed by atoms with Crippen molar-refractivity contribution in [3.8, 4) is 0 Å². The molecule has 106 valence electrons. The topological polar surface area (TPSA) is 63.4 Å². The van der Waals surface area contributed by atoms with Crippen LogP contribution in [0.1, 0.15) is 13.3 Å². The zero-order valence-electron chi connectivity index (χ0n) is 10.3. The largest absolute Gasteiger partial charge is 0.392 e. The van der Waals surface area contributed by atoms with Crippen LogP contribution in [-0.4, -0.2) is 30.8 Å². The predicted octanol–water partition coefficient (Wildman–Crippen LogP) is 1.65. The molecule has 2 N–H and O–H groups in total. The van der Waals surface area contributed by atoms with Gasteiger partial charge in [0.2, 0.25) is 10.0 Å². The molecule has 0 atom stereocenters. The second kappa shape index (κ2) is 6.36. The average molecular weight is 308 g/mol. The van der Waals surface area contributed by atoms with Crippen molar-refractivity contribution in [1.82, 2.24) is 4.31 Å². The SMILES string of the molecule is CCCN(CC(N)=S)S(=O)(=O)c1cc(F)ccc1F. The monoisotopic (exact) mass is 308 g/mol. The molecule has 0 aliphatic heterocycles. The first-order chi connectivity index (χ1) is 8.78. The lowest BCUT2D eigenvalue weighted by atomic mass is 10.3. The molecular formula is C11H14F2N2O2S2. The normalized spacial score (nSPS) is 11.8. The molecule has 0 radical (unpaired) electrons. The van der Waals surface area contributed by atoms with E-state index in [1.54, 1.807) is 6.92 Å². The Morgan fingerprint density at radius 3 is 2.58 bits per heavy atom. The minimum Gasteiger partial charge on any atom is -0.392 e. The zero-order chi connectivity index (χ0) is 14.6. The summed E-state index contributed by atoms with van der Waals surface area (Å²) in [6, 6.07) is 2.27. The van der Waals surface area contributed by atoms with E-state index in [0.717, 1.165) is 16.4 Å². The highest BCUT2D eigenvalue weighted by Gasteiger charge is 2.27. The Bertz CT molecular complexity index is 576. The van der Waals surface area contributed by atoms with Crippen molar-refractivity contribution >= 4 is 27.2 Å². The molecule has 0 bridgehead atoms. The highest BCUT2D eigenvalue weighted by Crippen LogP contribution is 2.20. The van der Waals surface area contributed by atoms with Gasteiger partial charge < -0.3 is 5.73 Å². The van der Waals surface area contributed by atoms with Gasteiger partial charge in [0.25, 0.3) is 0 Å². The number of benzene rings is 1. The van der Waals surface area contributed by atoms with Gasteiger partial charge in [0.1, 0.15) is 16.5 Å². The molecule has 0 unspecified atom stereocenters. The molecule has 4 nitrogen and oxygen atoms in total. The number of hydrogen-bond acceptors (Lipinski definition) is 3. The van der Waals surface area contributed by atoms with Gasteiger partial charge in [0.05, 0.1) is 11.5 Å². The highest BCUT2D eigenvalue weighted by molar-refractivity contribution is 7.89. The molecule has 0 saturated carbocycles. The maximum absolute atomic E-state index is 13.6. The third kappa shape index (κ3) is 3.92. The van der Waals surface area contributed by atoms with E-state index in [2.05, 4.69) is 12.2 Å².